The number of fused-ring (bicyclic) bond motifs is 3. The van der Waals surface area contributed by atoms with Gasteiger partial charge in [0.2, 0.25) is 0 Å². The highest BCUT2D eigenvalue weighted by Crippen LogP contribution is 2.26. The van der Waals surface area contributed by atoms with Gasteiger partial charge in [0.25, 0.3) is 14.2 Å². The van der Waals surface area contributed by atoms with Crippen LogP contribution in [0.25, 0.3) is 15.9 Å². The van der Waals surface area contributed by atoms with Crippen molar-refractivity contribution >= 4 is 46.9 Å². The predicted octanol–water partition coefficient (Wildman–Crippen LogP) is 1.28. The second-order valence-electron chi connectivity index (χ2n) is 3.31. The number of nitrogens with zero attached hydrogens (tertiary/aromatic N) is 4. The van der Waals surface area contributed by atoms with Crippen molar-refractivity contribution in [3.8, 4) is 6.01 Å². The van der Waals surface area contributed by atoms with Crippen molar-refractivity contribution in [2.24, 2.45) is 0 Å². The second-order valence-corrected chi connectivity index (χ2v) is 6.66. The summed E-state index contributed by atoms with van der Waals surface area (Å²) >= 11 is 1.39. The molecule has 18 heavy (non-hydrogen) atoms. The fourth-order valence-corrected chi connectivity index (χ4v) is 2.85. The molecule has 0 aliphatic rings. The third kappa shape index (κ3) is 1.62. The predicted molar refractivity (Wildman–Crippen MR) is 65.8 cm³/mol. The second kappa shape index (κ2) is 3.77. The fourth-order valence-electron chi connectivity index (χ4n) is 1.53. The van der Waals surface area contributed by atoms with Gasteiger partial charge in [-0.1, -0.05) is 0 Å². The number of methoxy groups -OCH3 is 1. The summed E-state index contributed by atoms with van der Waals surface area (Å²) in [5.41, 5.74) is 0.345. The van der Waals surface area contributed by atoms with Crippen LogP contribution >= 0.6 is 22.0 Å². The van der Waals surface area contributed by atoms with Gasteiger partial charge in [0.05, 0.1) is 12.5 Å². The molecule has 0 radical (unpaired) electrons. The molecule has 0 fully saturated rings. The third-order valence-corrected chi connectivity index (χ3v) is 4.08. The summed E-state index contributed by atoms with van der Waals surface area (Å²) in [6.07, 6.45) is 0. The monoisotopic (exact) mass is 304 g/mol. The van der Waals surface area contributed by atoms with Crippen LogP contribution in [-0.4, -0.2) is 35.1 Å². The molecule has 0 N–H and O–H groups in total. The van der Waals surface area contributed by atoms with Crippen LogP contribution in [0, 0.1) is 0 Å². The van der Waals surface area contributed by atoms with Gasteiger partial charge in [0.15, 0.2) is 5.65 Å². The maximum Gasteiger partial charge on any atom is 0.320 e. The molecule has 10 heteroatoms. The lowest BCUT2D eigenvalue weighted by molar-refractivity contribution is 0.368. The Morgan fingerprint density at radius 1 is 1.44 bits per heavy atom. The lowest BCUT2D eigenvalue weighted by Crippen LogP contribution is -1.99. The summed E-state index contributed by atoms with van der Waals surface area (Å²) in [6.45, 7) is 0. The minimum atomic E-state index is -3.99. The Morgan fingerprint density at radius 3 is 2.89 bits per heavy atom. The molecular weight excluding hydrogens is 300 g/mol. The van der Waals surface area contributed by atoms with E-state index in [9.17, 15) is 8.42 Å². The minimum absolute atomic E-state index is 0.152. The number of thiophene rings is 1. The van der Waals surface area contributed by atoms with Gasteiger partial charge in [-0.25, -0.2) is 8.42 Å². The molecule has 3 rings (SSSR count). The van der Waals surface area contributed by atoms with Crippen molar-refractivity contribution in [3.63, 3.8) is 0 Å². The fraction of sp³-hybridized carbons (Fsp3) is 0.125. The largest absolute Gasteiger partial charge is 0.467 e. The smallest absolute Gasteiger partial charge is 0.320 e. The zero-order valence-corrected chi connectivity index (χ0v) is 11.3. The van der Waals surface area contributed by atoms with Crippen LogP contribution in [-0.2, 0) is 9.05 Å². The van der Waals surface area contributed by atoms with Gasteiger partial charge in [-0.05, 0) is 11.4 Å². The molecule has 0 spiro atoms. The summed E-state index contributed by atoms with van der Waals surface area (Å²) in [5.74, 6) is 0. The quantitative estimate of drug-likeness (QED) is 0.663. The maximum absolute atomic E-state index is 11.2. The highest BCUT2D eigenvalue weighted by atomic mass is 35.7. The van der Waals surface area contributed by atoms with Crippen LogP contribution in [0.2, 0.25) is 0 Å². The standard InChI is InChI=1S/C8H5ClN4O3S2/c1-16-8-11-6-4(2-3-17-6)5-10-7(12-13(5)8)18(9,14)15/h2-3H,1H3. The summed E-state index contributed by atoms with van der Waals surface area (Å²) in [5, 5.41) is 5.83. The number of rotatable bonds is 2. The van der Waals surface area contributed by atoms with Gasteiger partial charge in [0, 0.05) is 10.7 Å². The number of halogens is 1. The molecule has 94 valence electrons. The molecule has 0 unspecified atom stereocenters. The van der Waals surface area contributed by atoms with E-state index in [1.165, 1.54) is 23.0 Å². The van der Waals surface area contributed by atoms with Crippen molar-refractivity contribution in [2.75, 3.05) is 7.11 Å². The number of hydrogen-bond donors (Lipinski definition) is 0. The SMILES string of the molecule is COc1nc2sccc2c2nc(S(=O)(=O)Cl)nn12. The first-order valence-electron chi connectivity index (χ1n) is 4.63. The van der Waals surface area contributed by atoms with Gasteiger partial charge in [-0.2, -0.15) is 14.5 Å². The molecule has 0 bridgehead atoms. The van der Waals surface area contributed by atoms with Crippen LogP contribution in [0.15, 0.2) is 16.6 Å². The molecule has 0 saturated carbocycles. The Bertz CT molecular complexity index is 854. The molecule has 3 heterocycles. The van der Waals surface area contributed by atoms with Crippen LogP contribution in [0.1, 0.15) is 0 Å². The van der Waals surface area contributed by atoms with Gasteiger partial charge in [-0.15, -0.1) is 16.4 Å². The van der Waals surface area contributed by atoms with Crippen LogP contribution in [0.4, 0.5) is 0 Å². The van der Waals surface area contributed by atoms with Gasteiger partial charge < -0.3 is 4.74 Å². The highest BCUT2D eigenvalue weighted by molar-refractivity contribution is 8.13. The van der Waals surface area contributed by atoms with Gasteiger partial charge >= 0.3 is 6.01 Å². The summed E-state index contributed by atoms with van der Waals surface area (Å²) in [7, 11) is 2.65. The van der Waals surface area contributed by atoms with Crippen molar-refractivity contribution in [2.45, 2.75) is 5.16 Å². The molecule has 3 aromatic heterocycles. The van der Waals surface area contributed by atoms with Crippen molar-refractivity contribution in [3.05, 3.63) is 11.4 Å². The zero-order valence-electron chi connectivity index (χ0n) is 8.86. The molecule has 0 saturated heterocycles. The summed E-state index contributed by atoms with van der Waals surface area (Å²) in [4.78, 5) is 8.79. The van der Waals surface area contributed by atoms with Crippen LogP contribution < -0.4 is 4.74 Å². The van der Waals surface area contributed by atoms with Crippen molar-refractivity contribution < 1.29 is 13.2 Å². The first-order chi connectivity index (χ1) is 8.50. The van der Waals surface area contributed by atoms with Crippen molar-refractivity contribution in [1.82, 2.24) is 19.6 Å². The molecule has 0 amide bonds. The first-order valence-corrected chi connectivity index (χ1v) is 7.82. The molecule has 0 aliphatic carbocycles. The van der Waals surface area contributed by atoms with Gasteiger partial charge in [0.1, 0.15) is 4.83 Å². The Balaban J connectivity index is 2.50. The van der Waals surface area contributed by atoms with Crippen LogP contribution in [0.5, 0.6) is 6.01 Å². The molecule has 3 aromatic rings. The Morgan fingerprint density at radius 2 is 2.22 bits per heavy atom. The Labute approximate surface area is 109 Å². The lowest BCUT2D eigenvalue weighted by atomic mass is 10.4. The maximum atomic E-state index is 11.2. The van der Waals surface area contributed by atoms with E-state index in [1.54, 1.807) is 6.07 Å². The highest BCUT2D eigenvalue weighted by Gasteiger charge is 2.21. The molecular formula is C8H5ClN4O3S2. The van der Waals surface area contributed by atoms with E-state index in [-0.39, 0.29) is 6.01 Å². The first kappa shape index (κ1) is 11.6. The van der Waals surface area contributed by atoms with E-state index in [0.717, 1.165) is 0 Å². The molecule has 0 atom stereocenters. The van der Waals surface area contributed by atoms with E-state index < -0.39 is 14.2 Å². The van der Waals surface area contributed by atoms with Crippen molar-refractivity contribution in [1.29, 1.82) is 0 Å². The summed E-state index contributed by atoms with van der Waals surface area (Å²) < 4.78 is 28.8. The molecule has 0 aromatic carbocycles. The topological polar surface area (TPSA) is 86.5 Å². The van der Waals surface area contributed by atoms with E-state index in [2.05, 4.69) is 15.1 Å². The third-order valence-electron chi connectivity index (χ3n) is 2.25. The summed E-state index contributed by atoms with van der Waals surface area (Å²) in [6, 6.07) is 1.93. The normalized spacial score (nSPS) is 12.3. The molecule has 7 nitrogen and oxygen atoms in total. The average molecular weight is 305 g/mol. The van der Waals surface area contributed by atoms with Crippen LogP contribution in [0.3, 0.4) is 0 Å². The average Bonchev–Trinajstić information content (AvgIpc) is 2.92. The Hall–Kier alpha value is -1.45. The number of ether oxygens (including phenoxy) is 1. The van der Waals surface area contributed by atoms with E-state index in [0.29, 0.717) is 15.9 Å². The lowest BCUT2D eigenvalue weighted by Gasteiger charge is -2.00. The van der Waals surface area contributed by atoms with Gasteiger partial charge in [-0.3, -0.25) is 0 Å². The number of aromatic nitrogens is 4. The zero-order chi connectivity index (χ0) is 12.9. The molecule has 0 aliphatic heterocycles. The van der Waals surface area contributed by atoms with E-state index in [4.69, 9.17) is 15.4 Å². The van der Waals surface area contributed by atoms with E-state index >= 15 is 0 Å². The minimum Gasteiger partial charge on any atom is -0.467 e. The Kier molecular flexibility index (Phi) is 2.44. The number of hydrogen-bond acceptors (Lipinski definition) is 7. The van der Waals surface area contributed by atoms with E-state index in [1.807, 2.05) is 5.38 Å².